The van der Waals surface area contributed by atoms with E-state index >= 15 is 0 Å². The maximum atomic E-state index is 14.8. The molecular weight excluding hydrogens is 451 g/mol. The molecule has 11 heteroatoms. The number of aryl methyl sites for hydroxylation is 2. The summed E-state index contributed by atoms with van der Waals surface area (Å²) in [5.74, 6) is -0.901. The van der Waals surface area contributed by atoms with Crippen LogP contribution in [-0.2, 0) is 4.74 Å². The number of nitrogens with zero attached hydrogens (tertiary/aromatic N) is 4. The molecule has 0 aliphatic rings. The van der Waals surface area contributed by atoms with Crippen LogP contribution in [0.2, 0.25) is 0 Å². The maximum absolute atomic E-state index is 14.8. The van der Waals surface area contributed by atoms with E-state index in [0.29, 0.717) is 17.1 Å². The Labute approximate surface area is 191 Å². The van der Waals surface area contributed by atoms with Crippen molar-refractivity contribution in [1.82, 2.24) is 19.3 Å². The standard InChI is InChI=1S/C22H19FN4O5S/c1-12-5-7-18(30-3)16(9-12)26-11-24-27(22(26)29)14-6-8-17(15(23)10-14)32-21-13(2)25-19(33-21)20(28)31-4/h5-11H,1-4H3. The third kappa shape index (κ3) is 4.22. The van der Waals surface area contributed by atoms with E-state index < -0.39 is 17.5 Å². The molecule has 0 N–H and O–H groups in total. The van der Waals surface area contributed by atoms with Gasteiger partial charge in [-0.25, -0.2) is 23.5 Å². The Balaban J connectivity index is 1.65. The van der Waals surface area contributed by atoms with Gasteiger partial charge in [0.2, 0.25) is 10.1 Å². The molecule has 2 heterocycles. The molecule has 0 atom stereocenters. The van der Waals surface area contributed by atoms with Gasteiger partial charge in [0.05, 0.1) is 31.3 Å². The fourth-order valence-corrected chi connectivity index (χ4v) is 3.94. The summed E-state index contributed by atoms with van der Waals surface area (Å²) in [4.78, 5) is 28.7. The SMILES string of the molecule is COC(=O)c1nc(C)c(Oc2ccc(-n3ncn(-c4cc(C)ccc4OC)c3=O)cc2F)s1. The van der Waals surface area contributed by atoms with Crippen LogP contribution in [0.5, 0.6) is 16.6 Å². The maximum Gasteiger partial charge on any atom is 0.367 e. The third-order valence-corrected chi connectivity index (χ3v) is 5.76. The van der Waals surface area contributed by atoms with Crippen molar-refractivity contribution in [2.75, 3.05) is 14.2 Å². The van der Waals surface area contributed by atoms with Crippen LogP contribution in [-0.4, -0.2) is 39.5 Å². The average Bonchev–Trinajstić information content (AvgIpc) is 3.37. The Bertz CT molecular complexity index is 1410. The molecule has 2 aromatic heterocycles. The van der Waals surface area contributed by atoms with Crippen molar-refractivity contribution in [2.24, 2.45) is 0 Å². The normalized spacial score (nSPS) is 10.8. The molecule has 0 saturated carbocycles. The van der Waals surface area contributed by atoms with E-state index in [0.717, 1.165) is 27.6 Å². The number of esters is 1. The van der Waals surface area contributed by atoms with E-state index in [1.165, 1.54) is 37.2 Å². The molecule has 170 valence electrons. The molecule has 0 fully saturated rings. The predicted octanol–water partition coefficient (Wildman–Crippen LogP) is 3.82. The molecule has 0 radical (unpaired) electrons. The number of carbonyl (C=O) groups excluding carboxylic acids is 1. The van der Waals surface area contributed by atoms with Crippen LogP contribution in [0.4, 0.5) is 4.39 Å². The van der Waals surface area contributed by atoms with Gasteiger partial charge in [-0.2, -0.15) is 9.78 Å². The minimum absolute atomic E-state index is 0.0882. The van der Waals surface area contributed by atoms with E-state index in [9.17, 15) is 14.0 Å². The Morgan fingerprint density at radius 3 is 2.55 bits per heavy atom. The summed E-state index contributed by atoms with van der Waals surface area (Å²) >= 11 is 0.947. The van der Waals surface area contributed by atoms with Gasteiger partial charge < -0.3 is 14.2 Å². The summed E-state index contributed by atoms with van der Waals surface area (Å²) in [6.07, 6.45) is 1.34. The smallest absolute Gasteiger partial charge is 0.367 e. The van der Waals surface area contributed by atoms with E-state index in [-0.39, 0.29) is 21.5 Å². The molecule has 0 aliphatic carbocycles. The van der Waals surface area contributed by atoms with Gasteiger partial charge in [-0.05, 0) is 43.7 Å². The predicted molar refractivity (Wildman–Crippen MR) is 119 cm³/mol. The molecule has 0 saturated heterocycles. The molecule has 4 rings (SSSR count). The first-order chi connectivity index (χ1) is 15.8. The van der Waals surface area contributed by atoms with Crippen molar-refractivity contribution in [3.05, 3.63) is 75.3 Å². The monoisotopic (exact) mass is 470 g/mol. The van der Waals surface area contributed by atoms with Crippen LogP contribution in [0.1, 0.15) is 21.1 Å². The summed E-state index contributed by atoms with van der Waals surface area (Å²) < 4.78 is 32.8. The molecule has 0 spiro atoms. The quantitative estimate of drug-likeness (QED) is 0.395. The molecule has 4 aromatic rings. The number of hydrogen-bond donors (Lipinski definition) is 0. The molecular formula is C22H19FN4O5S. The lowest BCUT2D eigenvalue weighted by atomic mass is 10.2. The minimum atomic E-state index is -0.713. The Hall–Kier alpha value is -3.99. The van der Waals surface area contributed by atoms with Crippen LogP contribution in [0.3, 0.4) is 0 Å². The highest BCUT2D eigenvalue weighted by Crippen LogP contribution is 2.33. The highest BCUT2D eigenvalue weighted by atomic mass is 32.1. The van der Waals surface area contributed by atoms with Crippen LogP contribution in [0, 0.1) is 19.7 Å². The van der Waals surface area contributed by atoms with Crippen LogP contribution in [0.15, 0.2) is 47.5 Å². The minimum Gasteiger partial charge on any atom is -0.495 e. The summed E-state index contributed by atoms with van der Waals surface area (Å²) in [5, 5.41) is 4.48. The van der Waals surface area contributed by atoms with Gasteiger partial charge in [0, 0.05) is 6.07 Å². The van der Waals surface area contributed by atoms with Crippen molar-refractivity contribution >= 4 is 17.3 Å². The zero-order chi connectivity index (χ0) is 23.7. The van der Waals surface area contributed by atoms with Crippen molar-refractivity contribution in [1.29, 1.82) is 0 Å². The first-order valence-corrected chi connectivity index (χ1v) is 10.5. The number of ether oxygens (including phenoxy) is 3. The number of benzene rings is 2. The zero-order valence-corrected chi connectivity index (χ0v) is 19.0. The van der Waals surface area contributed by atoms with Gasteiger partial charge in [-0.1, -0.05) is 17.4 Å². The van der Waals surface area contributed by atoms with Gasteiger partial charge >= 0.3 is 11.7 Å². The third-order valence-electron chi connectivity index (χ3n) is 4.74. The molecule has 0 bridgehead atoms. The molecule has 0 unspecified atom stereocenters. The number of thiazole rings is 1. The van der Waals surface area contributed by atoms with E-state index in [4.69, 9.17) is 9.47 Å². The van der Waals surface area contributed by atoms with Crippen molar-refractivity contribution in [3.8, 4) is 27.9 Å². The van der Waals surface area contributed by atoms with E-state index in [1.54, 1.807) is 19.1 Å². The van der Waals surface area contributed by atoms with Crippen molar-refractivity contribution < 1.29 is 23.4 Å². The van der Waals surface area contributed by atoms with Crippen LogP contribution < -0.4 is 15.2 Å². The zero-order valence-electron chi connectivity index (χ0n) is 18.2. The second-order valence-corrected chi connectivity index (χ2v) is 7.93. The number of halogens is 1. The second kappa shape index (κ2) is 8.87. The number of rotatable bonds is 6. The first-order valence-electron chi connectivity index (χ1n) is 9.67. The number of aromatic nitrogens is 4. The molecule has 33 heavy (non-hydrogen) atoms. The van der Waals surface area contributed by atoms with Gasteiger partial charge in [-0.15, -0.1) is 0 Å². The van der Waals surface area contributed by atoms with Gasteiger partial charge in [-0.3, -0.25) is 0 Å². The lowest BCUT2D eigenvalue weighted by Crippen LogP contribution is -2.23. The second-order valence-electron chi connectivity index (χ2n) is 6.97. The number of carbonyl (C=O) groups is 1. The Morgan fingerprint density at radius 2 is 1.85 bits per heavy atom. The Morgan fingerprint density at radius 1 is 1.09 bits per heavy atom. The lowest BCUT2D eigenvalue weighted by molar-refractivity contribution is 0.0600. The molecule has 0 aliphatic heterocycles. The lowest BCUT2D eigenvalue weighted by Gasteiger charge is -2.09. The summed E-state index contributed by atoms with van der Waals surface area (Å²) in [7, 11) is 2.76. The highest BCUT2D eigenvalue weighted by molar-refractivity contribution is 7.15. The van der Waals surface area contributed by atoms with E-state index in [1.807, 2.05) is 13.0 Å². The number of hydrogen-bond acceptors (Lipinski definition) is 8. The molecule has 2 aromatic carbocycles. The topological polar surface area (TPSA) is 97.5 Å². The Kier molecular flexibility index (Phi) is 5.97. The fraction of sp³-hybridized carbons (Fsp3) is 0.182. The summed E-state index contributed by atoms with van der Waals surface area (Å²) in [6, 6.07) is 9.43. The van der Waals surface area contributed by atoms with Crippen LogP contribution in [0.25, 0.3) is 11.4 Å². The van der Waals surface area contributed by atoms with E-state index in [2.05, 4.69) is 14.8 Å². The average molecular weight is 470 g/mol. The van der Waals surface area contributed by atoms with Crippen molar-refractivity contribution in [3.63, 3.8) is 0 Å². The highest BCUT2D eigenvalue weighted by Gasteiger charge is 2.19. The van der Waals surface area contributed by atoms with Gasteiger partial charge in [0.15, 0.2) is 11.6 Å². The van der Waals surface area contributed by atoms with Crippen molar-refractivity contribution in [2.45, 2.75) is 13.8 Å². The van der Waals surface area contributed by atoms with Crippen LogP contribution >= 0.6 is 11.3 Å². The van der Waals surface area contributed by atoms with Gasteiger partial charge in [0.1, 0.15) is 12.1 Å². The van der Waals surface area contributed by atoms with Gasteiger partial charge in [0.25, 0.3) is 0 Å². The fourth-order valence-electron chi connectivity index (χ4n) is 3.09. The molecule has 9 nitrogen and oxygen atoms in total. The number of methoxy groups -OCH3 is 2. The molecule has 0 amide bonds. The summed E-state index contributed by atoms with van der Waals surface area (Å²) in [5.41, 5.74) is 1.60. The summed E-state index contributed by atoms with van der Waals surface area (Å²) in [6.45, 7) is 3.53. The first kappa shape index (κ1) is 22.2. The largest absolute Gasteiger partial charge is 0.495 e.